The lowest BCUT2D eigenvalue weighted by molar-refractivity contribution is -0.122. The van der Waals surface area contributed by atoms with Crippen LogP contribution in [-0.4, -0.2) is 40.1 Å². The molecule has 0 aliphatic carbocycles. The maximum absolute atomic E-state index is 13.4. The monoisotopic (exact) mass is 487 g/mol. The number of nitrogens with zero attached hydrogens (tertiary/aromatic N) is 2. The number of amides is 4. The zero-order chi connectivity index (χ0) is 26.1. The molecule has 1 saturated heterocycles. The summed E-state index contributed by atoms with van der Waals surface area (Å²) in [6.45, 7) is 7.50. The molecular formula is C27H25N3O6. The van der Waals surface area contributed by atoms with Crippen molar-refractivity contribution in [3.8, 4) is 11.4 Å². The van der Waals surface area contributed by atoms with Crippen molar-refractivity contribution < 1.29 is 29.0 Å². The van der Waals surface area contributed by atoms with Gasteiger partial charge in [-0.1, -0.05) is 18.2 Å². The molecule has 4 rings (SSSR count). The van der Waals surface area contributed by atoms with E-state index in [0.29, 0.717) is 34.9 Å². The molecule has 0 unspecified atom stereocenters. The van der Waals surface area contributed by atoms with Crippen LogP contribution in [0.4, 0.5) is 10.5 Å². The van der Waals surface area contributed by atoms with Crippen LogP contribution in [0.1, 0.15) is 39.8 Å². The minimum atomic E-state index is -1.03. The van der Waals surface area contributed by atoms with E-state index in [4.69, 9.17) is 4.74 Å². The first-order valence-electron chi connectivity index (χ1n) is 11.3. The van der Waals surface area contributed by atoms with Crippen LogP contribution in [0.15, 0.2) is 54.1 Å². The average molecular weight is 488 g/mol. The van der Waals surface area contributed by atoms with E-state index in [1.807, 2.05) is 24.5 Å². The molecule has 2 N–H and O–H groups in total. The molecule has 9 nitrogen and oxygen atoms in total. The number of barbiturate groups is 1. The van der Waals surface area contributed by atoms with Gasteiger partial charge >= 0.3 is 12.0 Å². The SMILES string of the molecule is CCOc1ccccc1N1C(=O)NC(=O)/C(=C\c2cc(C)n(-c3cccc(C(=O)O)c3C)c2C)C1=O. The third-order valence-corrected chi connectivity index (χ3v) is 6.05. The van der Waals surface area contributed by atoms with Crippen molar-refractivity contribution in [1.82, 2.24) is 9.88 Å². The fourth-order valence-electron chi connectivity index (χ4n) is 4.35. The van der Waals surface area contributed by atoms with Crippen LogP contribution < -0.4 is 15.0 Å². The number of ether oxygens (including phenoxy) is 1. The number of imide groups is 2. The fourth-order valence-corrected chi connectivity index (χ4v) is 4.35. The van der Waals surface area contributed by atoms with Gasteiger partial charge in [0.25, 0.3) is 11.8 Å². The van der Waals surface area contributed by atoms with Gasteiger partial charge in [-0.2, -0.15) is 0 Å². The molecule has 184 valence electrons. The highest BCUT2D eigenvalue weighted by Crippen LogP contribution is 2.32. The van der Waals surface area contributed by atoms with E-state index in [0.717, 1.165) is 10.6 Å². The van der Waals surface area contributed by atoms with Crippen LogP contribution in [0.25, 0.3) is 11.8 Å². The Balaban J connectivity index is 1.80. The van der Waals surface area contributed by atoms with Crippen molar-refractivity contribution >= 4 is 35.6 Å². The highest BCUT2D eigenvalue weighted by molar-refractivity contribution is 6.39. The molecule has 1 aliphatic rings. The van der Waals surface area contributed by atoms with Gasteiger partial charge in [0.15, 0.2) is 0 Å². The molecule has 3 aromatic rings. The van der Waals surface area contributed by atoms with E-state index < -0.39 is 23.8 Å². The predicted octanol–water partition coefficient (Wildman–Crippen LogP) is 4.17. The van der Waals surface area contributed by atoms with Gasteiger partial charge in [0, 0.05) is 17.1 Å². The van der Waals surface area contributed by atoms with Crippen LogP contribution in [0.2, 0.25) is 0 Å². The van der Waals surface area contributed by atoms with E-state index in [-0.39, 0.29) is 16.8 Å². The number of carbonyl (C=O) groups is 4. The van der Waals surface area contributed by atoms with Gasteiger partial charge in [0.2, 0.25) is 0 Å². The summed E-state index contributed by atoms with van der Waals surface area (Å²) in [4.78, 5) is 51.2. The van der Waals surface area contributed by atoms with Crippen molar-refractivity contribution in [3.63, 3.8) is 0 Å². The maximum Gasteiger partial charge on any atom is 0.336 e. The van der Waals surface area contributed by atoms with Gasteiger partial charge in [0.05, 0.1) is 17.9 Å². The molecule has 0 bridgehead atoms. The topological polar surface area (TPSA) is 118 Å². The first-order chi connectivity index (χ1) is 17.1. The number of carboxylic acids is 1. The molecule has 0 saturated carbocycles. The molecular weight excluding hydrogens is 462 g/mol. The maximum atomic E-state index is 13.4. The number of benzene rings is 2. The second kappa shape index (κ2) is 9.53. The number of carboxylic acid groups (broad SMARTS) is 1. The molecule has 0 atom stereocenters. The van der Waals surface area contributed by atoms with Crippen molar-refractivity contribution in [2.24, 2.45) is 0 Å². The van der Waals surface area contributed by atoms with Gasteiger partial charge in [-0.25, -0.2) is 14.5 Å². The number of hydrogen-bond acceptors (Lipinski definition) is 5. The van der Waals surface area contributed by atoms with Gasteiger partial charge in [0.1, 0.15) is 11.3 Å². The molecule has 36 heavy (non-hydrogen) atoms. The largest absolute Gasteiger partial charge is 0.492 e. The summed E-state index contributed by atoms with van der Waals surface area (Å²) < 4.78 is 7.44. The first kappa shape index (κ1) is 24.5. The molecule has 1 fully saturated rings. The predicted molar refractivity (Wildman–Crippen MR) is 134 cm³/mol. The molecule has 2 aromatic carbocycles. The minimum Gasteiger partial charge on any atom is -0.492 e. The van der Waals surface area contributed by atoms with Gasteiger partial charge < -0.3 is 14.4 Å². The van der Waals surface area contributed by atoms with Crippen LogP contribution in [0.5, 0.6) is 5.75 Å². The molecule has 2 heterocycles. The number of hydrogen-bond donors (Lipinski definition) is 2. The Hall–Kier alpha value is -4.66. The lowest BCUT2D eigenvalue weighted by Gasteiger charge is -2.27. The lowest BCUT2D eigenvalue weighted by atomic mass is 10.1. The Kier molecular flexibility index (Phi) is 6.48. The minimum absolute atomic E-state index is 0.184. The standard InChI is InChI=1S/C27H25N3O6/c1-5-36-23-12-7-6-10-22(23)30-25(32)20(24(31)28-27(30)35)14-18-13-15(2)29(17(18)4)21-11-8-9-19(16(21)3)26(33)34/h6-14H,5H2,1-4H3,(H,33,34)(H,28,31,35)/b20-14+. The third kappa shape index (κ3) is 4.15. The van der Waals surface area contributed by atoms with Crippen molar-refractivity contribution in [3.05, 3.63) is 82.2 Å². The number of aryl methyl sites for hydroxylation is 1. The Labute approximate surface area is 207 Å². The number of nitrogens with one attached hydrogen (secondary N) is 1. The third-order valence-electron chi connectivity index (χ3n) is 6.05. The summed E-state index contributed by atoms with van der Waals surface area (Å²) in [5.41, 5.74) is 3.53. The van der Waals surface area contributed by atoms with E-state index in [1.165, 1.54) is 12.1 Å². The molecule has 1 aromatic heterocycles. The molecule has 0 radical (unpaired) electrons. The number of aromatic carboxylic acids is 1. The van der Waals surface area contributed by atoms with Crippen LogP contribution in [0.3, 0.4) is 0 Å². The Bertz CT molecular complexity index is 1450. The highest BCUT2D eigenvalue weighted by Gasteiger charge is 2.38. The van der Waals surface area contributed by atoms with Crippen molar-refractivity contribution in [2.45, 2.75) is 27.7 Å². The van der Waals surface area contributed by atoms with Gasteiger partial charge in [-0.3, -0.25) is 14.9 Å². The van der Waals surface area contributed by atoms with Crippen LogP contribution in [0, 0.1) is 20.8 Å². The summed E-state index contributed by atoms with van der Waals surface area (Å²) in [5.74, 6) is -2.27. The second-order valence-electron chi connectivity index (χ2n) is 8.28. The van der Waals surface area contributed by atoms with E-state index in [1.54, 1.807) is 50.2 Å². The number of urea groups is 1. The van der Waals surface area contributed by atoms with E-state index in [2.05, 4.69) is 5.32 Å². The zero-order valence-electron chi connectivity index (χ0n) is 20.3. The van der Waals surface area contributed by atoms with Gasteiger partial charge in [-0.05, 0) is 75.2 Å². The van der Waals surface area contributed by atoms with E-state index in [9.17, 15) is 24.3 Å². The fraction of sp³-hybridized carbons (Fsp3) is 0.185. The summed E-state index contributed by atoms with van der Waals surface area (Å²) in [7, 11) is 0. The quantitative estimate of drug-likeness (QED) is 0.398. The summed E-state index contributed by atoms with van der Waals surface area (Å²) in [6, 6.07) is 12.5. The number of carbonyl (C=O) groups excluding carboxylic acids is 3. The van der Waals surface area contributed by atoms with Crippen LogP contribution >= 0.6 is 0 Å². The van der Waals surface area contributed by atoms with Gasteiger partial charge in [-0.15, -0.1) is 0 Å². The smallest absolute Gasteiger partial charge is 0.336 e. The molecule has 4 amide bonds. The highest BCUT2D eigenvalue weighted by atomic mass is 16.5. The normalized spacial score (nSPS) is 14.8. The molecule has 9 heteroatoms. The Morgan fingerprint density at radius 1 is 1.03 bits per heavy atom. The summed E-state index contributed by atoms with van der Waals surface area (Å²) in [5, 5.41) is 11.7. The van der Waals surface area contributed by atoms with E-state index >= 15 is 0 Å². The van der Waals surface area contributed by atoms with Crippen LogP contribution in [-0.2, 0) is 9.59 Å². The summed E-state index contributed by atoms with van der Waals surface area (Å²) >= 11 is 0. The summed E-state index contributed by atoms with van der Waals surface area (Å²) in [6.07, 6.45) is 1.44. The Morgan fingerprint density at radius 3 is 2.42 bits per heavy atom. The number of aromatic nitrogens is 1. The van der Waals surface area contributed by atoms with Crippen molar-refractivity contribution in [1.29, 1.82) is 0 Å². The number of para-hydroxylation sites is 2. The number of rotatable bonds is 6. The first-order valence-corrected chi connectivity index (χ1v) is 11.3. The Morgan fingerprint density at radius 2 is 1.72 bits per heavy atom. The average Bonchev–Trinajstić information content (AvgIpc) is 3.10. The molecule has 0 spiro atoms. The van der Waals surface area contributed by atoms with Crippen molar-refractivity contribution in [2.75, 3.05) is 11.5 Å². The zero-order valence-corrected chi connectivity index (χ0v) is 20.3. The number of anilines is 1. The lowest BCUT2D eigenvalue weighted by Crippen LogP contribution is -2.54. The second-order valence-corrected chi connectivity index (χ2v) is 8.28. The molecule has 1 aliphatic heterocycles.